The second kappa shape index (κ2) is 7.13. The summed E-state index contributed by atoms with van der Waals surface area (Å²) in [5.74, 6) is -0.246. The number of aromatic hydroxyl groups is 1. The molecule has 0 atom stereocenters. The molecular weight excluding hydrogens is 383 g/mol. The van der Waals surface area contributed by atoms with Crippen LogP contribution in [0.1, 0.15) is 16.7 Å². The van der Waals surface area contributed by atoms with Crippen LogP contribution in [-0.2, 0) is 17.5 Å². The van der Waals surface area contributed by atoms with Crippen LogP contribution >= 0.6 is 24.0 Å². The van der Waals surface area contributed by atoms with Crippen molar-refractivity contribution in [2.24, 2.45) is 0 Å². The Balaban J connectivity index is 1.81. The lowest BCUT2D eigenvalue weighted by Gasteiger charge is -2.15. The Labute approximate surface area is 157 Å². The Kier molecular flexibility index (Phi) is 5.06. The minimum Gasteiger partial charge on any atom is -0.508 e. The van der Waals surface area contributed by atoms with Crippen LogP contribution < -0.4 is 0 Å². The average molecular weight is 395 g/mol. The molecule has 1 aliphatic heterocycles. The van der Waals surface area contributed by atoms with Crippen molar-refractivity contribution in [3.05, 3.63) is 70.1 Å². The number of hydrogen-bond donors (Lipinski definition) is 1. The topological polar surface area (TPSA) is 40.5 Å². The average Bonchev–Trinajstić information content (AvgIpc) is 2.84. The highest BCUT2D eigenvalue weighted by molar-refractivity contribution is 8.26. The van der Waals surface area contributed by atoms with Crippen molar-refractivity contribution >= 4 is 40.3 Å². The monoisotopic (exact) mass is 395 g/mol. The molecule has 1 fully saturated rings. The van der Waals surface area contributed by atoms with Crippen molar-refractivity contribution in [2.45, 2.75) is 12.7 Å². The molecule has 1 heterocycles. The van der Waals surface area contributed by atoms with Crippen molar-refractivity contribution in [1.29, 1.82) is 0 Å². The number of benzene rings is 2. The highest BCUT2D eigenvalue weighted by Crippen LogP contribution is 2.35. The van der Waals surface area contributed by atoms with E-state index in [-0.39, 0.29) is 22.5 Å². The lowest BCUT2D eigenvalue weighted by atomic mass is 10.1. The van der Waals surface area contributed by atoms with E-state index in [0.29, 0.717) is 16.0 Å². The molecule has 1 saturated heterocycles. The third kappa shape index (κ3) is 4.08. The van der Waals surface area contributed by atoms with Crippen LogP contribution in [0.3, 0.4) is 0 Å². The molecule has 2 aromatic carbocycles. The van der Waals surface area contributed by atoms with Gasteiger partial charge in [0.05, 0.1) is 17.0 Å². The summed E-state index contributed by atoms with van der Waals surface area (Å²) in [5, 5.41) is 9.30. The minimum absolute atomic E-state index is 0.0263. The zero-order chi connectivity index (χ0) is 18.9. The number of phenols is 1. The SMILES string of the molecule is O=C1/C(=C/c2ccc(O)cc2)SC(=S)N1Cc1cccc(C(F)(F)F)c1. The first-order valence-corrected chi connectivity index (χ1v) is 8.67. The predicted octanol–water partition coefficient (Wildman–Crippen LogP) is 4.81. The first-order chi connectivity index (χ1) is 12.2. The van der Waals surface area contributed by atoms with Gasteiger partial charge in [-0.15, -0.1) is 0 Å². The van der Waals surface area contributed by atoms with Crippen LogP contribution in [0.2, 0.25) is 0 Å². The van der Waals surface area contributed by atoms with Crippen LogP contribution in [0.15, 0.2) is 53.4 Å². The van der Waals surface area contributed by atoms with Gasteiger partial charge in [-0.1, -0.05) is 48.2 Å². The van der Waals surface area contributed by atoms with Gasteiger partial charge in [-0.25, -0.2) is 0 Å². The first kappa shape index (κ1) is 18.5. The Bertz CT molecular complexity index is 892. The van der Waals surface area contributed by atoms with Gasteiger partial charge in [0.1, 0.15) is 10.1 Å². The van der Waals surface area contributed by atoms with E-state index in [0.717, 1.165) is 23.9 Å². The lowest BCUT2D eigenvalue weighted by molar-refractivity contribution is -0.137. The highest BCUT2D eigenvalue weighted by atomic mass is 32.2. The molecule has 0 aromatic heterocycles. The molecule has 0 aliphatic carbocycles. The number of carbonyl (C=O) groups excluding carboxylic acids is 1. The summed E-state index contributed by atoms with van der Waals surface area (Å²) in [6.45, 7) is -0.0263. The van der Waals surface area contributed by atoms with E-state index >= 15 is 0 Å². The standard InChI is InChI=1S/C18H12F3NO2S2/c19-18(20,21)13-3-1-2-12(8-13)10-22-16(24)15(26-17(22)25)9-11-4-6-14(23)7-5-11/h1-9,23H,10H2/b15-9-. The fourth-order valence-electron chi connectivity index (χ4n) is 2.39. The fourth-order valence-corrected chi connectivity index (χ4v) is 3.64. The molecule has 134 valence electrons. The van der Waals surface area contributed by atoms with Crippen molar-refractivity contribution in [1.82, 2.24) is 4.90 Å². The van der Waals surface area contributed by atoms with Crippen LogP contribution in [0, 0.1) is 0 Å². The summed E-state index contributed by atoms with van der Waals surface area (Å²) in [7, 11) is 0. The van der Waals surface area contributed by atoms with Gasteiger partial charge in [-0.3, -0.25) is 9.69 Å². The fraction of sp³-hybridized carbons (Fsp3) is 0.111. The zero-order valence-corrected chi connectivity index (χ0v) is 14.8. The molecule has 1 N–H and O–H groups in total. The molecule has 1 amide bonds. The predicted molar refractivity (Wildman–Crippen MR) is 98.3 cm³/mol. The molecule has 26 heavy (non-hydrogen) atoms. The number of hydrogen-bond acceptors (Lipinski definition) is 4. The molecule has 3 nitrogen and oxygen atoms in total. The van der Waals surface area contributed by atoms with Gasteiger partial charge >= 0.3 is 6.18 Å². The molecular formula is C18H12F3NO2S2. The summed E-state index contributed by atoms with van der Waals surface area (Å²) < 4.78 is 38.8. The van der Waals surface area contributed by atoms with E-state index in [1.54, 1.807) is 18.2 Å². The first-order valence-electron chi connectivity index (χ1n) is 7.44. The van der Waals surface area contributed by atoms with Gasteiger partial charge in [-0.2, -0.15) is 13.2 Å². The number of carbonyl (C=O) groups is 1. The third-order valence-electron chi connectivity index (χ3n) is 3.66. The number of thioether (sulfide) groups is 1. The molecule has 3 rings (SSSR count). The maximum atomic E-state index is 12.8. The number of phenolic OH excluding ortho intramolecular Hbond substituents is 1. The largest absolute Gasteiger partial charge is 0.508 e. The number of rotatable bonds is 3. The van der Waals surface area contributed by atoms with Crippen LogP contribution in [0.25, 0.3) is 6.08 Å². The molecule has 0 spiro atoms. The zero-order valence-electron chi connectivity index (χ0n) is 13.2. The molecule has 0 bridgehead atoms. The van der Waals surface area contributed by atoms with E-state index in [1.165, 1.54) is 29.2 Å². The second-order valence-electron chi connectivity index (χ2n) is 5.56. The van der Waals surface area contributed by atoms with Gasteiger partial charge in [0.15, 0.2) is 0 Å². The summed E-state index contributed by atoms with van der Waals surface area (Å²) in [6.07, 6.45) is -2.81. The van der Waals surface area contributed by atoms with Crippen LogP contribution in [0.5, 0.6) is 5.75 Å². The van der Waals surface area contributed by atoms with E-state index in [2.05, 4.69) is 0 Å². The highest BCUT2D eigenvalue weighted by Gasteiger charge is 2.33. The Morgan fingerprint density at radius 3 is 2.50 bits per heavy atom. The van der Waals surface area contributed by atoms with Crippen molar-refractivity contribution in [2.75, 3.05) is 0 Å². The molecule has 0 saturated carbocycles. The van der Waals surface area contributed by atoms with E-state index < -0.39 is 11.7 Å². The van der Waals surface area contributed by atoms with E-state index in [1.807, 2.05) is 0 Å². The smallest absolute Gasteiger partial charge is 0.416 e. The Morgan fingerprint density at radius 2 is 1.85 bits per heavy atom. The van der Waals surface area contributed by atoms with Gasteiger partial charge in [-0.05, 0) is 41.5 Å². The lowest BCUT2D eigenvalue weighted by Crippen LogP contribution is -2.27. The van der Waals surface area contributed by atoms with E-state index in [4.69, 9.17) is 12.2 Å². The van der Waals surface area contributed by atoms with Crippen LogP contribution in [0.4, 0.5) is 13.2 Å². The second-order valence-corrected chi connectivity index (χ2v) is 7.23. The van der Waals surface area contributed by atoms with Crippen molar-refractivity contribution in [3.63, 3.8) is 0 Å². The summed E-state index contributed by atoms with van der Waals surface area (Å²) in [4.78, 5) is 14.2. The normalized spacial score (nSPS) is 16.6. The summed E-state index contributed by atoms with van der Waals surface area (Å²) in [6, 6.07) is 11.1. The number of nitrogens with zero attached hydrogens (tertiary/aromatic N) is 1. The number of amides is 1. The number of alkyl halides is 3. The maximum Gasteiger partial charge on any atom is 0.416 e. The molecule has 8 heteroatoms. The van der Waals surface area contributed by atoms with Gasteiger partial charge in [0, 0.05) is 0 Å². The Morgan fingerprint density at radius 1 is 1.15 bits per heavy atom. The number of thiocarbonyl (C=S) groups is 1. The molecule has 1 aliphatic rings. The third-order valence-corrected chi connectivity index (χ3v) is 5.04. The Hall–Kier alpha value is -2.32. The minimum atomic E-state index is -4.44. The van der Waals surface area contributed by atoms with Gasteiger partial charge in [0.2, 0.25) is 0 Å². The molecule has 0 unspecified atom stereocenters. The maximum absolute atomic E-state index is 12.8. The van der Waals surface area contributed by atoms with Crippen molar-refractivity contribution in [3.8, 4) is 5.75 Å². The quantitative estimate of drug-likeness (QED) is 0.598. The van der Waals surface area contributed by atoms with Gasteiger partial charge in [0.25, 0.3) is 5.91 Å². The molecule has 2 aromatic rings. The van der Waals surface area contributed by atoms with E-state index in [9.17, 15) is 23.1 Å². The van der Waals surface area contributed by atoms with Gasteiger partial charge < -0.3 is 5.11 Å². The van der Waals surface area contributed by atoms with Crippen LogP contribution in [-0.4, -0.2) is 20.2 Å². The molecule has 0 radical (unpaired) electrons. The number of halogens is 3. The van der Waals surface area contributed by atoms with Crippen molar-refractivity contribution < 1.29 is 23.1 Å². The summed E-state index contributed by atoms with van der Waals surface area (Å²) >= 11 is 6.30. The summed E-state index contributed by atoms with van der Waals surface area (Å²) in [5.41, 5.74) is 0.296.